The third-order valence-corrected chi connectivity index (χ3v) is 5.10. The number of pyridine rings is 1. The van der Waals surface area contributed by atoms with E-state index >= 15 is 0 Å². The molecule has 1 aliphatic carbocycles. The highest BCUT2D eigenvalue weighted by Crippen LogP contribution is 2.41. The normalized spacial score (nSPS) is 16.1. The van der Waals surface area contributed by atoms with Crippen molar-refractivity contribution in [2.24, 2.45) is 0 Å². The van der Waals surface area contributed by atoms with Gasteiger partial charge in [0.25, 0.3) is 0 Å². The van der Waals surface area contributed by atoms with Gasteiger partial charge in [0.2, 0.25) is 11.8 Å². The minimum absolute atomic E-state index is 0.160. The molecule has 3 rings (SSSR count). The van der Waals surface area contributed by atoms with Crippen LogP contribution in [0.25, 0.3) is 0 Å². The number of aryl methyl sites for hydroxylation is 1. The minimum atomic E-state index is -0.823. The lowest BCUT2D eigenvalue weighted by Gasteiger charge is -2.36. The summed E-state index contributed by atoms with van der Waals surface area (Å²) in [5.41, 5.74) is 1.13. The summed E-state index contributed by atoms with van der Waals surface area (Å²) in [5, 5.41) is 2.96. The number of ether oxygens (including phenoxy) is 1. The van der Waals surface area contributed by atoms with Crippen LogP contribution >= 0.6 is 0 Å². The molecular formula is C21H25FN2O2. The minimum Gasteiger partial charge on any atom is -0.478 e. The lowest BCUT2D eigenvalue weighted by molar-refractivity contribution is -0.122. The summed E-state index contributed by atoms with van der Waals surface area (Å²) in [4.78, 5) is 17.5. The monoisotopic (exact) mass is 356 g/mol. The third kappa shape index (κ3) is 3.57. The number of carbonyl (C=O) groups is 1. The molecule has 0 saturated heterocycles. The Labute approximate surface area is 153 Å². The number of benzene rings is 1. The van der Waals surface area contributed by atoms with E-state index in [-0.39, 0.29) is 11.7 Å². The molecule has 5 heteroatoms. The molecule has 2 aromatic rings. The van der Waals surface area contributed by atoms with E-state index in [9.17, 15) is 9.18 Å². The van der Waals surface area contributed by atoms with Gasteiger partial charge in [-0.3, -0.25) is 4.79 Å². The summed E-state index contributed by atoms with van der Waals surface area (Å²) in [6.07, 6.45) is 5.82. The van der Waals surface area contributed by atoms with Gasteiger partial charge in [0, 0.05) is 11.1 Å². The van der Waals surface area contributed by atoms with Crippen LogP contribution in [0, 0.1) is 12.7 Å². The number of nitrogens with one attached hydrogen (secondary N) is 1. The molecule has 4 nitrogen and oxygen atoms in total. The van der Waals surface area contributed by atoms with Gasteiger partial charge in [0.1, 0.15) is 5.82 Å². The van der Waals surface area contributed by atoms with Crippen LogP contribution in [0.1, 0.15) is 50.2 Å². The molecule has 1 N–H and O–H groups in total. The van der Waals surface area contributed by atoms with E-state index in [4.69, 9.17) is 4.74 Å². The van der Waals surface area contributed by atoms with Crippen LogP contribution in [0.2, 0.25) is 0 Å². The second-order valence-corrected chi connectivity index (χ2v) is 6.86. The Hall–Kier alpha value is -2.43. The van der Waals surface area contributed by atoms with Gasteiger partial charge < -0.3 is 10.1 Å². The van der Waals surface area contributed by atoms with Crippen molar-refractivity contribution in [1.82, 2.24) is 4.98 Å². The predicted molar refractivity (Wildman–Crippen MR) is 99.9 cm³/mol. The van der Waals surface area contributed by atoms with Crippen molar-refractivity contribution in [3.05, 3.63) is 53.5 Å². The van der Waals surface area contributed by atoms with Crippen molar-refractivity contribution in [2.45, 2.75) is 51.4 Å². The van der Waals surface area contributed by atoms with E-state index in [2.05, 4.69) is 10.3 Å². The Morgan fingerprint density at radius 1 is 1.27 bits per heavy atom. The largest absolute Gasteiger partial charge is 0.478 e. The van der Waals surface area contributed by atoms with Crippen LogP contribution in [0.4, 0.5) is 10.1 Å². The van der Waals surface area contributed by atoms with E-state index in [0.29, 0.717) is 36.6 Å². The highest BCUT2D eigenvalue weighted by Gasteiger charge is 2.42. The van der Waals surface area contributed by atoms with Crippen LogP contribution in [0.3, 0.4) is 0 Å². The summed E-state index contributed by atoms with van der Waals surface area (Å²) < 4.78 is 20.0. The fourth-order valence-corrected chi connectivity index (χ4v) is 3.79. The van der Waals surface area contributed by atoms with E-state index in [1.165, 1.54) is 6.07 Å². The molecule has 1 aliphatic rings. The van der Waals surface area contributed by atoms with Crippen LogP contribution < -0.4 is 10.1 Å². The number of carbonyl (C=O) groups excluding carboxylic acids is 1. The lowest BCUT2D eigenvalue weighted by Crippen LogP contribution is -2.42. The molecule has 1 heterocycles. The first-order chi connectivity index (χ1) is 12.6. The third-order valence-electron chi connectivity index (χ3n) is 5.10. The van der Waals surface area contributed by atoms with Gasteiger partial charge >= 0.3 is 0 Å². The van der Waals surface area contributed by atoms with Gasteiger partial charge in [0.05, 0.1) is 23.9 Å². The first-order valence-corrected chi connectivity index (χ1v) is 9.23. The number of amides is 1. The van der Waals surface area contributed by atoms with E-state index in [1.54, 1.807) is 24.4 Å². The Morgan fingerprint density at radius 3 is 2.65 bits per heavy atom. The van der Waals surface area contributed by atoms with Crippen LogP contribution in [-0.4, -0.2) is 17.5 Å². The van der Waals surface area contributed by atoms with Gasteiger partial charge in [-0.15, -0.1) is 0 Å². The Morgan fingerprint density at radius 2 is 2.00 bits per heavy atom. The summed E-state index contributed by atoms with van der Waals surface area (Å²) in [5.74, 6) is 0.0881. The number of hydrogen-bond acceptors (Lipinski definition) is 3. The van der Waals surface area contributed by atoms with E-state index < -0.39 is 5.41 Å². The van der Waals surface area contributed by atoms with Crippen LogP contribution in [-0.2, 0) is 10.2 Å². The molecule has 0 unspecified atom stereocenters. The standard InChI is InChI=1S/C21H25FN2O2/c1-3-26-19-15(2)13-16(14-23-19)24-20(25)21(11-7-4-8-12-21)17-9-5-6-10-18(17)22/h5-6,9-10,13-14H,3-4,7-8,11-12H2,1-2H3,(H,24,25). The maximum absolute atomic E-state index is 14.5. The Balaban J connectivity index is 1.90. The average molecular weight is 356 g/mol. The topological polar surface area (TPSA) is 51.2 Å². The quantitative estimate of drug-likeness (QED) is 0.840. The maximum Gasteiger partial charge on any atom is 0.235 e. The second-order valence-electron chi connectivity index (χ2n) is 6.86. The summed E-state index contributed by atoms with van der Waals surface area (Å²) in [6, 6.07) is 8.47. The van der Waals surface area contributed by atoms with Crippen LogP contribution in [0.15, 0.2) is 36.5 Å². The first-order valence-electron chi connectivity index (χ1n) is 9.23. The Bertz CT molecular complexity index is 785. The molecule has 0 radical (unpaired) electrons. The molecule has 138 valence electrons. The molecule has 0 atom stereocenters. The molecule has 0 aliphatic heterocycles. The zero-order chi connectivity index (χ0) is 18.6. The number of halogens is 1. The van der Waals surface area contributed by atoms with E-state index in [0.717, 1.165) is 24.8 Å². The SMILES string of the molecule is CCOc1ncc(NC(=O)C2(c3ccccc3F)CCCCC2)cc1C. The maximum atomic E-state index is 14.5. The van der Waals surface area contributed by atoms with Crippen molar-refractivity contribution in [3.8, 4) is 5.88 Å². The smallest absolute Gasteiger partial charge is 0.235 e. The molecule has 26 heavy (non-hydrogen) atoms. The number of anilines is 1. The Kier molecular flexibility index (Phi) is 5.55. The summed E-state index contributed by atoms with van der Waals surface area (Å²) in [6.45, 7) is 4.33. The molecule has 1 amide bonds. The number of nitrogens with zero attached hydrogens (tertiary/aromatic N) is 1. The van der Waals surface area contributed by atoms with Gasteiger partial charge in [-0.25, -0.2) is 9.37 Å². The molecule has 1 aromatic heterocycles. The van der Waals surface area contributed by atoms with Gasteiger partial charge in [-0.2, -0.15) is 0 Å². The van der Waals surface area contributed by atoms with Gasteiger partial charge in [-0.1, -0.05) is 37.5 Å². The van der Waals surface area contributed by atoms with Gasteiger partial charge in [-0.05, 0) is 38.8 Å². The zero-order valence-corrected chi connectivity index (χ0v) is 15.3. The molecule has 1 fully saturated rings. The summed E-state index contributed by atoms with van der Waals surface area (Å²) >= 11 is 0. The second kappa shape index (κ2) is 7.85. The van der Waals surface area contributed by atoms with Crippen molar-refractivity contribution >= 4 is 11.6 Å². The molecule has 1 saturated carbocycles. The van der Waals surface area contributed by atoms with Gasteiger partial charge in [0.15, 0.2) is 0 Å². The number of rotatable bonds is 5. The molecular weight excluding hydrogens is 331 g/mol. The van der Waals surface area contributed by atoms with Crippen LogP contribution in [0.5, 0.6) is 5.88 Å². The fraction of sp³-hybridized carbons (Fsp3) is 0.429. The van der Waals surface area contributed by atoms with E-state index in [1.807, 2.05) is 19.9 Å². The fourth-order valence-electron chi connectivity index (χ4n) is 3.79. The molecule has 1 aromatic carbocycles. The molecule has 0 bridgehead atoms. The zero-order valence-electron chi connectivity index (χ0n) is 15.3. The van der Waals surface area contributed by atoms with Crippen molar-refractivity contribution in [3.63, 3.8) is 0 Å². The summed E-state index contributed by atoms with van der Waals surface area (Å²) in [7, 11) is 0. The highest BCUT2D eigenvalue weighted by molar-refractivity contribution is 5.99. The van der Waals surface area contributed by atoms with Crippen molar-refractivity contribution in [1.29, 1.82) is 0 Å². The lowest BCUT2D eigenvalue weighted by atomic mass is 9.68. The van der Waals surface area contributed by atoms with Crippen molar-refractivity contribution < 1.29 is 13.9 Å². The molecule has 0 spiro atoms. The highest BCUT2D eigenvalue weighted by atomic mass is 19.1. The number of hydrogen-bond donors (Lipinski definition) is 1. The van der Waals surface area contributed by atoms with Crippen molar-refractivity contribution in [2.75, 3.05) is 11.9 Å². The predicted octanol–water partition coefficient (Wildman–Crippen LogP) is 4.77. The number of aromatic nitrogens is 1. The average Bonchev–Trinajstić information content (AvgIpc) is 2.65. The first kappa shape index (κ1) is 18.4.